The summed E-state index contributed by atoms with van der Waals surface area (Å²) in [4.78, 5) is 25.6. The molecule has 7 rings (SSSR count). The Kier molecular flexibility index (Phi) is 1.90. The fourth-order valence-electron chi connectivity index (χ4n) is 7.49. The van der Waals surface area contributed by atoms with Gasteiger partial charge in [-0.1, -0.05) is 15.9 Å². The van der Waals surface area contributed by atoms with Crippen LogP contribution in [0.3, 0.4) is 0 Å². The zero-order valence-electron chi connectivity index (χ0n) is 12.4. The summed E-state index contributed by atoms with van der Waals surface area (Å²) in [5.74, 6) is 3.08. The van der Waals surface area contributed by atoms with E-state index in [0.29, 0.717) is 40.3 Å². The minimum absolute atomic E-state index is 0.247. The van der Waals surface area contributed by atoms with Crippen molar-refractivity contribution in [3.8, 4) is 0 Å². The predicted octanol–water partition coefficient (Wildman–Crippen LogP) is 2.27. The van der Waals surface area contributed by atoms with E-state index in [2.05, 4.69) is 15.9 Å². The molecule has 6 bridgehead atoms. The van der Waals surface area contributed by atoms with Gasteiger partial charge in [-0.2, -0.15) is 0 Å². The number of allylic oxidation sites excluding steroid dienone is 1. The quantitative estimate of drug-likeness (QED) is 0.286. The summed E-state index contributed by atoms with van der Waals surface area (Å²) in [6, 6.07) is 0. The van der Waals surface area contributed by atoms with Crippen molar-refractivity contribution in [2.45, 2.75) is 30.9 Å². The van der Waals surface area contributed by atoms with E-state index in [9.17, 15) is 9.59 Å². The molecule has 6 aliphatic carbocycles. The number of carbonyl (C=O) groups is 2. The van der Waals surface area contributed by atoms with E-state index >= 15 is 0 Å². The molecule has 116 valence electrons. The van der Waals surface area contributed by atoms with Gasteiger partial charge in [0, 0.05) is 18.7 Å². The van der Waals surface area contributed by atoms with E-state index in [0.717, 1.165) is 17.4 Å². The van der Waals surface area contributed by atoms with Crippen LogP contribution in [0.15, 0.2) is 11.1 Å². The van der Waals surface area contributed by atoms with Gasteiger partial charge in [0.05, 0.1) is 0 Å². The highest BCUT2D eigenvalue weighted by Crippen LogP contribution is 2.85. The summed E-state index contributed by atoms with van der Waals surface area (Å²) in [6.45, 7) is 3.22. The molecule has 1 saturated heterocycles. The maximum absolute atomic E-state index is 12.5. The number of cyclic esters (lactones) is 2. The summed E-state index contributed by atoms with van der Waals surface area (Å²) in [5, 5.41) is 0. The Balaban J connectivity index is 1.54. The van der Waals surface area contributed by atoms with E-state index in [-0.39, 0.29) is 5.57 Å². The first kappa shape index (κ1) is 12.6. The van der Waals surface area contributed by atoms with Crippen molar-refractivity contribution in [3.05, 3.63) is 11.1 Å². The van der Waals surface area contributed by atoms with Crippen LogP contribution in [0.4, 0.5) is 0 Å². The third-order valence-electron chi connectivity index (χ3n) is 7.45. The van der Waals surface area contributed by atoms with Crippen LogP contribution in [0.2, 0.25) is 0 Å². The Labute approximate surface area is 136 Å². The molecule has 5 heteroatoms. The first-order valence-electron chi connectivity index (χ1n) is 8.25. The molecule has 7 aliphatic rings. The van der Waals surface area contributed by atoms with Crippen LogP contribution in [0.1, 0.15) is 20.3 Å². The van der Waals surface area contributed by atoms with Gasteiger partial charge in [0.1, 0.15) is 5.57 Å². The fraction of sp³-hybridized carbons (Fsp3) is 0.765. The Hall–Kier alpha value is -0.840. The second-order valence-electron chi connectivity index (χ2n) is 8.38. The largest absolute Gasteiger partial charge is 0.419 e. The molecule has 7 fully saturated rings. The van der Waals surface area contributed by atoms with Gasteiger partial charge in [-0.3, -0.25) is 0 Å². The van der Waals surface area contributed by atoms with Gasteiger partial charge >= 0.3 is 11.9 Å². The minimum Gasteiger partial charge on any atom is -0.419 e. The molecule has 0 aromatic carbocycles. The Morgan fingerprint density at radius 2 is 1.59 bits per heavy atom. The maximum Gasteiger partial charge on any atom is 0.348 e. The molecule has 6 saturated carbocycles. The van der Waals surface area contributed by atoms with Crippen molar-refractivity contribution in [3.63, 3.8) is 0 Å². The standard InChI is InChI=1S/C17H17BrO4/c1-17(2)21-15(19)13(16(20)22-17)11-6-4-3-5-7(6)12-10(11)8(4)9(5)14(12)18/h4-10,12,14H,3H2,1-2H3/t4-,5-,6-,7-,8+,9-,10-,12-,14+/m0/s1. The number of alkyl halides is 1. The van der Waals surface area contributed by atoms with Crippen molar-refractivity contribution in [2.24, 2.45) is 47.3 Å². The van der Waals surface area contributed by atoms with Gasteiger partial charge in [-0.15, -0.1) is 0 Å². The first-order valence-corrected chi connectivity index (χ1v) is 9.17. The van der Waals surface area contributed by atoms with Gasteiger partial charge in [0.25, 0.3) is 5.79 Å². The van der Waals surface area contributed by atoms with Gasteiger partial charge in [-0.25, -0.2) is 9.59 Å². The summed E-state index contributed by atoms with van der Waals surface area (Å²) < 4.78 is 10.7. The Bertz CT molecular complexity index is 671. The molecule has 0 radical (unpaired) electrons. The molecule has 0 amide bonds. The number of halogens is 1. The topological polar surface area (TPSA) is 52.6 Å². The average Bonchev–Trinajstić information content (AvgIpc) is 3.10. The third-order valence-corrected chi connectivity index (χ3v) is 8.67. The van der Waals surface area contributed by atoms with Crippen molar-refractivity contribution in [2.75, 3.05) is 0 Å². The monoisotopic (exact) mass is 364 g/mol. The molecule has 0 aromatic rings. The van der Waals surface area contributed by atoms with Crippen LogP contribution in [-0.2, 0) is 19.1 Å². The molecule has 0 unspecified atom stereocenters. The number of ether oxygens (including phenoxy) is 2. The van der Waals surface area contributed by atoms with E-state index in [4.69, 9.17) is 9.47 Å². The number of esters is 2. The van der Waals surface area contributed by atoms with Crippen molar-refractivity contribution < 1.29 is 19.1 Å². The minimum atomic E-state index is -1.14. The Morgan fingerprint density at radius 3 is 2.23 bits per heavy atom. The molecule has 1 aliphatic heterocycles. The van der Waals surface area contributed by atoms with Crippen molar-refractivity contribution in [1.82, 2.24) is 0 Å². The first-order chi connectivity index (χ1) is 10.4. The lowest BCUT2D eigenvalue weighted by Crippen LogP contribution is -2.42. The van der Waals surface area contributed by atoms with E-state index in [1.54, 1.807) is 13.8 Å². The fourth-order valence-corrected chi connectivity index (χ4v) is 8.92. The molecule has 0 N–H and O–H groups in total. The normalized spacial score (nSPS) is 58.2. The maximum atomic E-state index is 12.5. The molecule has 0 spiro atoms. The highest BCUT2D eigenvalue weighted by atomic mass is 79.9. The molecule has 0 aromatic heterocycles. The molecule has 9 atom stereocenters. The lowest BCUT2D eigenvalue weighted by atomic mass is 9.71. The van der Waals surface area contributed by atoms with Gasteiger partial charge in [0.2, 0.25) is 0 Å². The number of rotatable bonds is 0. The van der Waals surface area contributed by atoms with Gasteiger partial charge < -0.3 is 9.47 Å². The summed E-state index contributed by atoms with van der Waals surface area (Å²) in [6.07, 6.45) is 1.30. The number of hydrogen-bond donors (Lipinski definition) is 0. The van der Waals surface area contributed by atoms with Crippen LogP contribution >= 0.6 is 15.9 Å². The average molecular weight is 365 g/mol. The van der Waals surface area contributed by atoms with Gasteiger partial charge in [0.15, 0.2) is 0 Å². The van der Waals surface area contributed by atoms with Crippen LogP contribution in [0.25, 0.3) is 0 Å². The van der Waals surface area contributed by atoms with Crippen LogP contribution in [0.5, 0.6) is 0 Å². The zero-order chi connectivity index (χ0) is 15.1. The van der Waals surface area contributed by atoms with Crippen molar-refractivity contribution >= 4 is 27.9 Å². The molecular weight excluding hydrogens is 348 g/mol. The lowest BCUT2D eigenvalue weighted by Gasteiger charge is -2.32. The molecular formula is C17H17BrO4. The van der Waals surface area contributed by atoms with Gasteiger partial charge in [-0.05, 0) is 59.3 Å². The highest BCUT2D eigenvalue weighted by Gasteiger charge is 2.82. The van der Waals surface area contributed by atoms with E-state index < -0.39 is 17.7 Å². The Morgan fingerprint density at radius 1 is 0.955 bits per heavy atom. The highest BCUT2D eigenvalue weighted by molar-refractivity contribution is 9.09. The number of carbonyl (C=O) groups excluding carboxylic acids is 2. The lowest BCUT2D eigenvalue weighted by molar-refractivity contribution is -0.222. The second-order valence-corrected chi connectivity index (χ2v) is 9.44. The van der Waals surface area contributed by atoms with Crippen LogP contribution in [0, 0.1) is 47.3 Å². The molecule has 1 heterocycles. The third kappa shape index (κ3) is 1.06. The molecule has 4 nitrogen and oxygen atoms in total. The van der Waals surface area contributed by atoms with E-state index in [1.807, 2.05) is 0 Å². The summed E-state index contributed by atoms with van der Waals surface area (Å²) >= 11 is 3.93. The second kappa shape index (κ2) is 3.33. The zero-order valence-corrected chi connectivity index (χ0v) is 14.0. The number of hydrogen-bond acceptors (Lipinski definition) is 4. The van der Waals surface area contributed by atoms with E-state index in [1.165, 1.54) is 6.42 Å². The van der Waals surface area contributed by atoms with Crippen LogP contribution in [-0.4, -0.2) is 22.6 Å². The predicted molar refractivity (Wildman–Crippen MR) is 78.5 cm³/mol. The SMILES string of the molecule is CC1(C)OC(=O)C(=C2[C@H]3[C@@H]4C[C@@H]5[C@@H]6[C@@H](Br)[C@H]([C@H]2[C@H]46)[C@@H]53)C(=O)O1. The summed E-state index contributed by atoms with van der Waals surface area (Å²) in [7, 11) is 0. The van der Waals surface area contributed by atoms with Crippen LogP contribution < -0.4 is 0 Å². The van der Waals surface area contributed by atoms with Crippen molar-refractivity contribution in [1.29, 1.82) is 0 Å². The molecule has 22 heavy (non-hydrogen) atoms. The smallest absolute Gasteiger partial charge is 0.348 e. The summed E-state index contributed by atoms with van der Waals surface area (Å²) in [5.41, 5.74) is 1.36.